The van der Waals surface area contributed by atoms with Crippen LogP contribution in [0.5, 0.6) is 0 Å². The molecule has 1 aromatic rings. The molecule has 0 amide bonds. The lowest BCUT2D eigenvalue weighted by Crippen LogP contribution is -2.35. The summed E-state index contributed by atoms with van der Waals surface area (Å²) in [5.74, 6) is 0.592. The summed E-state index contributed by atoms with van der Waals surface area (Å²) in [5, 5.41) is 0.222. The van der Waals surface area contributed by atoms with Crippen molar-refractivity contribution >= 4 is 21.6 Å². The lowest BCUT2D eigenvalue weighted by Gasteiger charge is -2.34. The molecule has 1 aromatic carbocycles. The standard InChI is InChI=1S/C15H19BrF3N/c1-2-11-4-3-7-20(10-11)13-6-5-12(9-16)14(8-13)15(17,18)19/h5-6,8,11H,2-4,7,9-10H2,1H3. The van der Waals surface area contributed by atoms with Crippen molar-refractivity contribution in [1.29, 1.82) is 0 Å². The third-order valence-corrected chi connectivity index (χ3v) is 4.61. The van der Waals surface area contributed by atoms with Gasteiger partial charge in [-0.05, 0) is 36.5 Å². The number of alkyl halides is 4. The van der Waals surface area contributed by atoms with Gasteiger partial charge < -0.3 is 4.90 Å². The summed E-state index contributed by atoms with van der Waals surface area (Å²) >= 11 is 3.13. The molecular formula is C15H19BrF3N. The van der Waals surface area contributed by atoms with Crippen molar-refractivity contribution in [3.63, 3.8) is 0 Å². The van der Waals surface area contributed by atoms with Gasteiger partial charge in [0.15, 0.2) is 0 Å². The van der Waals surface area contributed by atoms with E-state index in [4.69, 9.17) is 0 Å². The van der Waals surface area contributed by atoms with E-state index in [0.717, 1.165) is 25.9 Å². The van der Waals surface area contributed by atoms with E-state index in [-0.39, 0.29) is 5.33 Å². The van der Waals surface area contributed by atoms with Crippen LogP contribution >= 0.6 is 15.9 Å². The molecule has 0 bridgehead atoms. The Morgan fingerprint density at radius 3 is 2.70 bits per heavy atom. The number of rotatable bonds is 3. The summed E-state index contributed by atoms with van der Waals surface area (Å²) in [4.78, 5) is 2.09. The first-order valence-electron chi connectivity index (χ1n) is 6.96. The van der Waals surface area contributed by atoms with Gasteiger partial charge in [-0.15, -0.1) is 0 Å². The van der Waals surface area contributed by atoms with Crippen LogP contribution in [0.25, 0.3) is 0 Å². The third-order valence-electron chi connectivity index (χ3n) is 4.00. The van der Waals surface area contributed by atoms with E-state index in [0.29, 0.717) is 17.2 Å². The topological polar surface area (TPSA) is 3.24 Å². The first kappa shape index (κ1) is 15.7. The Balaban J connectivity index is 2.29. The number of halogens is 4. The molecule has 1 saturated heterocycles. The van der Waals surface area contributed by atoms with Gasteiger partial charge in [0.05, 0.1) is 5.56 Å². The second-order valence-corrected chi connectivity index (χ2v) is 5.90. The van der Waals surface area contributed by atoms with Crippen LogP contribution in [0.3, 0.4) is 0 Å². The summed E-state index contributed by atoms with van der Waals surface area (Å²) in [6.45, 7) is 3.85. The zero-order chi connectivity index (χ0) is 14.8. The normalized spacial score (nSPS) is 20.2. The van der Waals surface area contributed by atoms with Crippen molar-refractivity contribution in [1.82, 2.24) is 0 Å². The minimum Gasteiger partial charge on any atom is -0.371 e. The van der Waals surface area contributed by atoms with Crippen LogP contribution in [-0.2, 0) is 11.5 Å². The number of benzene rings is 1. The van der Waals surface area contributed by atoms with Gasteiger partial charge in [0, 0.05) is 24.1 Å². The van der Waals surface area contributed by atoms with Crippen molar-refractivity contribution in [2.75, 3.05) is 18.0 Å². The molecule has 0 radical (unpaired) electrons. The molecule has 1 heterocycles. The highest BCUT2D eigenvalue weighted by Gasteiger charge is 2.34. The second-order valence-electron chi connectivity index (χ2n) is 5.34. The molecular weight excluding hydrogens is 331 g/mol. The zero-order valence-corrected chi connectivity index (χ0v) is 13.1. The molecule has 1 unspecified atom stereocenters. The van der Waals surface area contributed by atoms with Crippen molar-refractivity contribution < 1.29 is 13.2 Å². The highest BCUT2D eigenvalue weighted by molar-refractivity contribution is 9.08. The number of piperidine rings is 1. The molecule has 112 valence electrons. The highest BCUT2D eigenvalue weighted by Crippen LogP contribution is 2.36. The van der Waals surface area contributed by atoms with Crippen LogP contribution in [0.4, 0.5) is 18.9 Å². The number of hydrogen-bond acceptors (Lipinski definition) is 1. The van der Waals surface area contributed by atoms with Crippen molar-refractivity contribution in [2.45, 2.75) is 37.7 Å². The van der Waals surface area contributed by atoms with E-state index in [2.05, 4.69) is 27.8 Å². The highest BCUT2D eigenvalue weighted by atomic mass is 79.9. The molecule has 5 heteroatoms. The molecule has 1 nitrogen and oxygen atoms in total. The number of anilines is 1. The summed E-state index contributed by atoms with van der Waals surface area (Å²) in [7, 11) is 0. The van der Waals surface area contributed by atoms with E-state index in [9.17, 15) is 13.2 Å². The van der Waals surface area contributed by atoms with Gasteiger partial charge in [0.25, 0.3) is 0 Å². The zero-order valence-electron chi connectivity index (χ0n) is 11.5. The lowest BCUT2D eigenvalue weighted by atomic mass is 9.95. The van der Waals surface area contributed by atoms with Gasteiger partial charge in [-0.1, -0.05) is 35.3 Å². The summed E-state index contributed by atoms with van der Waals surface area (Å²) in [6, 6.07) is 4.70. The molecule has 0 saturated carbocycles. The van der Waals surface area contributed by atoms with Crippen LogP contribution in [0.1, 0.15) is 37.3 Å². The molecule has 2 rings (SSSR count). The Kier molecular flexibility index (Phi) is 4.99. The van der Waals surface area contributed by atoms with Crippen LogP contribution in [0.15, 0.2) is 18.2 Å². The fourth-order valence-electron chi connectivity index (χ4n) is 2.77. The van der Waals surface area contributed by atoms with Gasteiger partial charge in [0.2, 0.25) is 0 Å². The van der Waals surface area contributed by atoms with E-state index in [1.807, 2.05) is 6.07 Å². The predicted octanol–water partition coefficient (Wildman–Crippen LogP) is 5.23. The summed E-state index contributed by atoms with van der Waals surface area (Å²) < 4.78 is 39.3. The molecule has 1 atom stereocenters. The first-order valence-corrected chi connectivity index (χ1v) is 8.09. The summed E-state index contributed by atoms with van der Waals surface area (Å²) in [6.07, 6.45) is -0.972. The molecule has 1 fully saturated rings. The Hall–Kier alpha value is -0.710. The van der Waals surface area contributed by atoms with Crippen LogP contribution in [0.2, 0.25) is 0 Å². The Morgan fingerprint density at radius 2 is 2.10 bits per heavy atom. The summed E-state index contributed by atoms with van der Waals surface area (Å²) in [5.41, 5.74) is 0.468. The Morgan fingerprint density at radius 1 is 1.35 bits per heavy atom. The smallest absolute Gasteiger partial charge is 0.371 e. The minimum atomic E-state index is -4.29. The van der Waals surface area contributed by atoms with Gasteiger partial charge in [-0.3, -0.25) is 0 Å². The lowest BCUT2D eigenvalue weighted by molar-refractivity contribution is -0.138. The predicted molar refractivity (Wildman–Crippen MR) is 79.3 cm³/mol. The average molecular weight is 350 g/mol. The van der Waals surface area contributed by atoms with E-state index in [1.165, 1.54) is 12.5 Å². The first-order chi connectivity index (χ1) is 9.45. The number of hydrogen-bond donors (Lipinski definition) is 0. The maximum Gasteiger partial charge on any atom is 0.416 e. The fourth-order valence-corrected chi connectivity index (χ4v) is 3.26. The van der Waals surface area contributed by atoms with Gasteiger partial charge in [0.1, 0.15) is 0 Å². The van der Waals surface area contributed by atoms with Crippen molar-refractivity contribution in [2.24, 2.45) is 5.92 Å². The molecule has 20 heavy (non-hydrogen) atoms. The van der Waals surface area contributed by atoms with Crippen LogP contribution in [-0.4, -0.2) is 13.1 Å². The molecule has 1 aliphatic heterocycles. The van der Waals surface area contributed by atoms with E-state index < -0.39 is 11.7 Å². The average Bonchev–Trinajstić information content (AvgIpc) is 2.45. The SMILES string of the molecule is CCC1CCCN(c2ccc(CBr)c(C(F)(F)F)c2)C1. The monoisotopic (exact) mass is 349 g/mol. The fraction of sp³-hybridized carbons (Fsp3) is 0.600. The van der Waals surface area contributed by atoms with Gasteiger partial charge in [-0.2, -0.15) is 13.2 Å². The number of nitrogens with zero attached hydrogens (tertiary/aromatic N) is 1. The molecule has 0 N–H and O–H groups in total. The quantitative estimate of drug-likeness (QED) is 0.675. The van der Waals surface area contributed by atoms with Gasteiger partial charge >= 0.3 is 6.18 Å². The van der Waals surface area contributed by atoms with E-state index in [1.54, 1.807) is 6.07 Å². The van der Waals surface area contributed by atoms with Gasteiger partial charge in [-0.25, -0.2) is 0 Å². The maximum absolute atomic E-state index is 13.1. The largest absolute Gasteiger partial charge is 0.416 e. The van der Waals surface area contributed by atoms with Crippen molar-refractivity contribution in [3.05, 3.63) is 29.3 Å². The molecule has 0 aliphatic carbocycles. The van der Waals surface area contributed by atoms with Crippen LogP contribution in [0, 0.1) is 5.92 Å². The van der Waals surface area contributed by atoms with Crippen molar-refractivity contribution in [3.8, 4) is 0 Å². The molecule has 1 aliphatic rings. The maximum atomic E-state index is 13.1. The molecule has 0 aromatic heterocycles. The second kappa shape index (κ2) is 6.37. The third kappa shape index (κ3) is 3.48. The minimum absolute atomic E-state index is 0.222. The Bertz CT molecular complexity index is 459. The van der Waals surface area contributed by atoms with Crippen LogP contribution < -0.4 is 4.90 Å². The molecule has 0 spiro atoms. The Labute approximate surface area is 126 Å². The van der Waals surface area contributed by atoms with E-state index >= 15 is 0 Å².